The summed E-state index contributed by atoms with van der Waals surface area (Å²) < 4.78 is 1.93. The Morgan fingerprint density at radius 3 is 2.52 bits per heavy atom. The van der Waals surface area contributed by atoms with Crippen molar-refractivity contribution in [3.8, 4) is 5.69 Å². The van der Waals surface area contributed by atoms with Crippen molar-refractivity contribution >= 4 is 29.3 Å². The molecule has 0 unspecified atom stereocenters. The molecule has 3 heterocycles. The highest BCUT2D eigenvalue weighted by Crippen LogP contribution is 2.43. The third kappa shape index (κ3) is 3.87. The van der Waals surface area contributed by atoms with E-state index in [-0.39, 0.29) is 0 Å². The van der Waals surface area contributed by atoms with E-state index < -0.39 is 0 Å². The quantitative estimate of drug-likeness (QED) is 0.535. The molecule has 0 N–H and O–H groups in total. The highest BCUT2D eigenvalue weighted by Gasteiger charge is 2.30. The second-order valence-corrected chi connectivity index (χ2v) is 8.00. The van der Waals surface area contributed by atoms with E-state index in [1.807, 2.05) is 42.0 Å². The third-order valence-electron chi connectivity index (χ3n) is 6.10. The molecule has 1 aliphatic rings. The van der Waals surface area contributed by atoms with Gasteiger partial charge in [-0.05, 0) is 50.1 Å². The molecule has 1 amide bonds. The Hall–Kier alpha value is -3.35. The van der Waals surface area contributed by atoms with E-state index in [4.69, 9.17) is 4.98 Å². The van der Waals surface area contributed by atoms with E-state index in [9.17, 15) is 4.79 Å². The summed E-state index contributed by atoms with van der Waals surface area (Å²) in [7, 11) is 2.08. The Labute approximate surface area is 183 Å². The lowest BCUT2D eigenvalue weighted by atomic mass is 10.1. The van der Waals surface area contributed by atoms with Crippen LogP contribution in [0.25, 0.3) is 5.69 Å². The first-order chi connectivity index (χ1) is 15.1. The van der Waals surface area contributed by atoms with Crippen LogP contribution in [0.1, 0.15) is 32.4 Å². The number of imidazole rings is 1. The third-order valence-corrected chi connectivity index (χ3v) is 6.10. The summed E-state index contributed by atoms with van der Waals surface area (Å²) in [5, 5.41) is 0. The monoisotopic (exact) mass is 418 g/mol. The fourth-order valence-corrected chi connectivity index (χ4v) is 4.42. The van der Waals surface area contributed by atoms with Crippen LogP contribution in [0.5, 0.6) is 0 Å². The number of pyridine rings is 1. The summed E-state index contributed by atoms with van der Waals surface area (Å²) in [6, 6.07) is 10.5. The number of benzene rings is 1. The molecule has 1 aliphatic heterocycles. The number of carbonyl (C=O) groups is 1. The second kappa shape index (κ2) is 8.79. The average Bonchev–Trinajstić information content (AvgIpc) is 3.32. The predicted octanol–water partition coefficient (Wildman–Crippen LogP) is 4.32. The standard InChI is InChI=1S/C24H30N6O/c1-5-19(6-2)29-14-13-27(4)23-22(29)15-18(3)26-24(23)30(17-31)21-9-7-20(8-10-21)28-12-11-25-16-28/h7-12,15-17,19H,5-6,13-14H2,1-4H3. The summed E-state index contributed by atoms with van der Waals surface area (Å²) in [5.41, 5.74) is 4.85. The summed E-state index contributed by atoms with van der Waals surface area (Å²) >= 11 is 0. The lowest BCUT2D eigenvalue weighted by molar-refractivity contribution is -0.106. The van der Waals surface area contributed by atoms with E-state index in [2.05, 4.69) is 41.7 Å². The molecule has 0 radical (unpaired) electrons. The number of carbonyl (C=O) groups excluding carboxylic acids is 1. The van der Waals surface area contributed by atoms with Crippen LogP contribution in [0.3, 0.4) is 0 Å². The minimum Gasteiger partial charge on any atom is -0.368 e. The molecule has 4 rings (SSSR count). The van der Waals surface area contributed by atoms with E-state index in [1.165, 1.54) is 0 Å². The van der Waals surface area contributed by atoms with Gasteiger partial charge in [-0.1, -0.05) is 13.8 Å². The van der Waals surface area contributed by atoms with Gasteiger partial charge in [-0.3, -0.25) is 9.69 Å². The topological polar surface area (TPSA) is 57.5 Å². The molecule has 0 saturated carbocycles. The first kappa shape index (κ1) is 20.9. The SMILES string of the molecule is CCC(CC)N1CCN(C)c2c1cc(C)nc2N(C=O)c1ccc(-n2ccnc2)cc1. The molecule has 3 aromatic rings. The molecule has 0 bridgehead atoms. The molecule has 0 fully saturated rings. The molecule has 2 aromatic heterocycles. The van der Waals surface area contributed by atoms with Crippen molar-refractivity contribution in [3.05, 3.63) is 54.7 Å². The number of rotatable bonds is 7. The number of aryl methyl sites for hydroxylation is 1. The molecular formula is C24H30N6O. The van der Waals surface area contributed by atoms with Gasteiger partial charge in [-0.25, -0.2) is 9.97 Å². The minimum absolute atomic E-state index is 0.473. The molecule has 31 heavy (non-hydrogen) atoms. The molecule has 0 saturated heterocycles. The van der Waals surface area contributed by atoms with Gasteiger partial charge >= 0.3 is 0 Å². The van der Waals surface area contributed by atoms with Crippen molar-refractivity contribution in [1.29, 1.82) is 0 Å². The number of likely N-dealkylation sites (N-methyl/N-ethyl adjacent to an activating group) is 1. The van der Waals surface area contributed by atoms with Crippen molar-refractivity contribution < 1.29 is 4.79 Å². The summed E-state index contributed by atoms with van der Waals surface area (Å²) in [6.45, 7) is 8.34. The van der Waals surface area contributed by atoms with Crippen LogP contribution in [0.4, 0.5) is 22.9 Å². The van der Waals surface area contributed by atoms with Crippen molar-refractivity contribution in [3.63, 3.8) is 0 Å². The maximum Gasteiger partial charge on any atom is 0.219 e. The molecule has 7 nitrogen and oxygen atoms in total. The van der Waals surface area contributed by atoms with Gasteiger partial charge < -0.3 is 14.4 Å². The highest BCUT2D eigenvalue weighted by molar-refractivity contribution is 5.95. The zero-order valence-electron chi connectivity index (χ0n) is 18.7. The number of aromatic nitrogens is 3. The Balaban J connectivity index is 1.78. The average molecular weight is 419 g/mol. The van der Waals surface area contributed by atoms with Crippen molar-refractivity contribution in [2.75, 3.05) is 34.8 Å². The van der Waals surface area contributed by atoms with Crippen LogP contribution in [0.15, 0.2) is 49.1 Å². The van der Waals surface area contributed by atoms with Gasteiger partial charge in [0, 0.05) is 50.0 Å². The molecule has 0 aliphatic carbocycles. The lowest BCUT2D eigenvalue weighted by Crippen LogP contribution is -2.45. The molecule has 0 atom stereocenters. The van der Waals surface area contributed by atoms with Crippen LogP contribution in [-0.2, 0) is 4.79 Å². The van der Waals surface area contributed by atoms with E-state index in [1.54, 1.807) is 17.4 Å². The van der Waals surface area contributed by atoms with Crippen LogP contribution in [-0.4, -0.2) is 47.1 Å². The van der Waals surface area contributed by atoms with Gasteiger partial charge in [0.1, 0.15) is 5.69 Å². The first-order valence-corrected chi connectivity index (χ1v) is 10.9. The molecule has 0 spiro atoms. The smallest absolute Gasteiger partial charge is 0.219 e. The van der Waals surface area contributed by atoms with Gasteiger partial charge in [0.2, 0.25) is 6.41 Å². The highest BCUT2D eigenvalue weighted by atomic mass is 16.1. The fraction of sp³-hybridized carbons (Fsp3) is 0.375. The van der Waals surface area contributed by atoms with Crippen LogP contribution in [0, 0.1) is 6.92 Å². The minimum atomic E-state index is 0.473. The van der Waals surface area contributed by atoms with Crippen LogP contribution >= 0.6 is 0 Å². The van der Waals surface area contributed by atoms with Gasteiger partial charge in [-0.15, -0.1) is 0 Å². The first-order valence-electron chi connectivity index (χ1n) is 10.9. The molecule has 162 valence electrons. The Kier molecular flexibility index (Phi) is 5.93. The number of amides is 1. The van der Waals surface area contributed by atoms with E-state index in [0.717, 1.165) is 60.8 Å². The fourth-order valence-electron chi connectivity index (χ4n) is 4.42. The number of fused-ring (bicyclic) bond motifs is 1. The summed E-state index contributed by atoms with van der Waals surface area (Å²) in [5.74, 6) is 0.679. The number of hydrogen-bond acceptors (Lipinski definition) is 5. The second-order valence-electron chi connectivity index (χ2n) is 8.00. The molecular weight excluding hydrogens is 388 g/mol. The number of nitrogens with zero attached hydrogens (tertiary/aromatic N) is 6. The Morgan fingerprint density at radius 2 is 1.90 bits per heavy atom. The van der Waals surface area contributed by atoms with E-state index in [0.29, 0.717) is 11.9 Å². The van der Waals surface area contributed by atoms with Crippen molar-refractivity contribution in [1.82, 2.24) is 14.5 Å². The number of hydrogen-bond donors (Lipinski definition) is 0. The van der Waals surface area contributed by atoms with Crippen molar-refractivity contribution in [2.24, 2.45) is 0 Å². The largest absolute Gasteiger partial charge is 0.368 e. The zero-order chi connectivity index (χ0) is 22.0. The number of anilines is 4. The summed E-state index contributed by atoms with van der Waals surface area (Å²) in [4.78, 5) is 27.5. The van der Waals surface area contributed by atoms with Gasteiger partial charge in [-0.2, -0.15) is 0 Å². The normalized spacial score (nSPS) is 13.5. The van der Waals surface area contributed by atoms with Crippen LogP contribution in [0.2, 0.25) is 0 Å². The van der Waals surface area contributed by atoms with Crippen molar-refractivity contribution in [2.45, 2.75) is 39.7 Å². The Morgan fingerprint density at radius 1 is 1.16 bits per heavy atom. The van der Waals surface area contributed by atoms with Gasteiger partial charge in [0.25, 0.3) is 0 Å². The zero-order valence-corrected chi connectivity index (χ0v) is 18.7. The summed E-state index contributed by atoms with van der Waals surface area (Å²) in [6.07, 6.45) is 8.43. The maximum absolute atomic E-state index is 12.3. The van der Waals surface area contributed by atoms with E-state index >= 15 is 0 Å². The lowest BCUT2D eigenvalue weighted by Gasteiger charge is -2.42. The van der Waals surface area contributed by atoms with Crippen LogP contribution < -0.4 is 14.7 Å². The van der Waals surface area contributed by atoms with Gasteiger partial charge in [0.15, 0.2) is 5.82 Å². The molecule has 1 aromatic carbocycles. The maximum atomic E-state index is 12.3. The molecule has 7 heteroatoms. The van der Waals surface area contributed by atoms with Gasteiger partial charge in [0.05, 0.1) is 17.7 Å². The Bertz CT molecular complexity index is 1030. The predicted molar refractivity (Wildman–Crippen MR) is 126 cm³/mol.